The standard InChI is InChI=1S/C11H15N3O2/c1-7(15)14-11-4-9(12)10(5-13-11)16-6-8-2-3-8/h4-5,8H,2-3,6H2,1H3,(H3,12,13,14,15). The van der Waals surface area contributed by atoms with Gasteiger partial charge in [-0.2, -0.15) is 0 Å². The van der Waals surface area contributed by atoms with Gasteiger partial charge >= 0.3 is 0 Å². The maximum absolute atomic E-state index is 10.8. The Labute approximate surface area is 94.0 Å². The van der Waals surface area contributed by atoms with Gasteiger partial charge in [-0.25, -0.2) is 4.98 Å². The summed E-state index contributed by atoms with van der Waals surface area (Å²) in [5.74, 6) is 1.54. The first-order chi connectivity index (χ1) is 7.65. The van der Waals surface area contributed by atoms with Gasteiger partial charge in [0.15, 0.2) is 5.75 Å². The predicted octanol–water partition coefficient (Wildman–Crippen LogP) is 1.41. The van der Waals surface area contributed by atoms with Crippen LogP contribution in [0.25, 0.3) is 0 Å². The summed E-state index contributed by atoms with van der Waals surface area (Å²) >= 11 is 0. The predicted molar refractivity (Wildman–Crippen MR) is 61.2 cm³/mol. The highest BCUT2D eigenvalue weighted by atomic mass is 16.5. The van der Waals surface area contributed by atoms with Crippen LogP contribution >= 0.6 is 0 Å². The van der Waals surface area contributed by atoms with E-state index in [9.17, 15) is 4.79 Å². The summed E-state index contributed by atoms with van der Waals surface area (Å²) in [6.45, 7) is 2.13. The van der Waals surface area contributed by atoms with Gasteiger partial charge in [-0.05, 0) is 18.8 Å². The fourth-order valence-corrected chi connectivity index (χ4v) is 1.32. The van der Waals surface area contributed by atoms with E-state index in [-0.39, 0.29) is 5.91 Å². The van der Waals surface area contributed by atoms with Gasteiger partial charge in [0, 0.05) is 13.0 Å². The highest BCUT2D eigenvalue weighted by molar-refractivity contribution is 5.88. The quantitative estimate of drug-likeness (QED) is 0.805. The highest BCUT2D eigenvalue weighted by Gasteiger charge is 2.22. The first-order valence-electron chi connectivity index (χ1n) is 5.31. The summed E-state index contributed by atoms with van der Waals surface area (Å²) in [6.07, 6.45) is 4.01. The Balaban J connectivity index is 2.00. The number of nitrogen functional groups attached to an aromatic ring is 1. The van der Waals surface area contributed by atoms with Crippen LogP contribution in [0.5, 0.6) is 5.75 Å². The summed E-state index contributed by atoms with van der Waals surface area (Å²) in [4.78, 5) is 14.9. The lowest BCUT2D eigenvalue weighted by atomic mass is 10.3. The number of rotatable bonds is 4. The van der Waals surface area contributed by atoms with Crippen LogP contribution in [0.2, 0.25) is 0 Å². The van der Waals surface area contributed by atoms with Crippen LogP contribution in [0.15, 0.2) is 12.3 Å². The molecule has 16 heavy (non-hydrogen) atoms. The number of hydrogen-bond donors (Lipinski definition) is 2. The minimum Gasteiger partial charge on any atom is -0.490 e. The van der Waals surface area contributed by atoms with Crippen molar-refractivity contribution < 1.29 is 9.53 Å². The zero-order valence-corrected chi connectivity index (χ0v) is 9.19. The Morgan fingerprint density at radius 1 is 1.69 bits per heavy atom. The Hall–Kier alpha value is -1.78. The largest absolute Gasteiger partial charge is 0.490 e. The van der Waals surface area contributed by atoms with E-state index >= 15 is 0 Å². The number of ether oxygens (including phenoxy) is 1. The summed E-state index contributed by atoms with van der Waals surface area (Å²) in [5.41, 5.74) is 6.29. The lowest BCUT2D eigenvalue weighted by molar-refractivity contribution is -0.114. The second-order valence-corrected chi connectivity index (χ2v) is 4.04. The van der Waals surface area contributed by atoms with Crippen molar-refractivity contribution in [3.63, 3.8) is 0 Å². The molecule has 0 radical (unpaired) electrons. The van der Waals surface area contributed by atoms with Crippen molar-refractivity contribution in [3.8, 4) is 5.75 Å². The van der Waals surface area contributed by atoms with E-state index < -0.39 is 0 Å². The third-order valence-corrected chi connectivity index (χ3v) is 2.37. The number of nitrogens with zero attached hydrogens (tertiary/aromatic N) is 1. The fraction of sp³-hybridized carbons (Fsp3) is 0.455. The van der Waals surface area contributed by atoms with E-state index in [1.165, 1.54) is 19.8 Å². The van der Waals surface area contributed by atoms with Gasteiger partial charge in [-0.15, -0.1) is 0 Å². The van der Waals surface area contributed by atoms with E-state index in [1.807, 2.05) is 0 Å². The van der Waals surface area contributed by atoms with Crippen molar-refractivity contribution in [1.29, 1.82) is 0 Å². The van der Waals surface area contributed by atoms with E-state index in [4.69, 9.17) is 10.5 Å². The second kappa shape index (κ2) is 4.38. The molecule has 0 aromatic carbocycles. The van der Waals surface area contributed by atoms with E-state index in [0.29, 0.717) is 29.8 Å². The van der Waals surface area contributed by atoms with Gasteiger partial charge in [0.25, 0.3) is 0 Å². The number of amides is 1. The van der Waals surface area contributed by atoms with Crippen molar-refractivity contribution in [3.05, 3.63) is 12.3 Å². The van der Waals surface area contributed by atoms with Crippen LogP contribution in [0.3, 0.4) is 0 Å². The first-order valence-corrected chi connectivity index (χ1v) is 5.31. The topological polar surface area (TPSA) is 77.2 Å². The minimum atomic E-state index is -0.168. The molecule has 1 aromatic rings. The molecule has 0 saturated heterocycles. The summed E-state index contributed by atoms with van der Waals surface area (Å²) in [5, 5.41) is 2.56. The van der Waals surface area contributed by atoms with Gasteiger partial charge in [0.1, 0.15) is 5.82 Å². The lowest BCUT2D eigenvalue weighted by Crippen LogP contribution is -2.09. The second-order valence-electron chi connectivity index (χ2n) is 4.04. The average molecular weight is 221 g/mol. The molecule has 1 aromatic heterocycles. The fourth-order valence-electron chi connectivity index (χ4n) is 1.32. The Morgan fingerprint density at radius 2 is 2.44 bits per heavy atom. The molecular weight excluding hydrogens is 206 g/mol. The number of nitrogens with two attached hydrogens (primary N) is 1. The van der Waals surface area contributed by atoms with Gasteiger partial charge in [-0.3, -0.25) is 4.79 Å². The van der Waals surface area contributed by atoms with E-state index in [0.717, 1.165) is 0 Å². The number of carbonyl (C=O) groups is 1. The summed E-state index contributed by atoms with van der Waals surface area (Å²) < 4.78 is 5.52. The molecule has 0 bridgehead atoms. The summed E-state index contributed by atoms with van der Waals surface area (Å²) in [6, 6.07) is 1.60. The van der Waals surface area contributed by atoms with E-state index in [1.54, 1.807) is 12.3 Å². The van der Waals surface area contributed by atoms with Gasteiger partial charge in [0.05, 0.1) is 18.5 Å². The molecule has 1 aliphatic rings. The first kappa shape index (κ1) is 10.7. The molecule has 5 nitrogen and oxygen atoms in total. The maximum atomic E-state index is 10.8. The van der Waals surface area contributed by atoms with Crippen molar-refractivity contribution in [1.82, 2.24) is 4.98 Å². The van der Waals surface area contributed by atoms with Crippen molar-refractivity contribution >= 4 is 17.4 Å². The Kier molecular flexibility index (Phi) is 2.94. The molecule has 0 aliphatic heterocycles. The Bertz CT molecular complexity index is 402. The zero-order chi connectivity index (χ0) is 11.5. The number of aromatic nitrogens is 1. The molecular formula is C11H15N3O2. The van der Waals surface area contributed by atoms with Crippen LogP contribution < -0.4 is 15.8 Å². The van der Waals surface area contributed by atoms with Crippen LogP contribution in [-0.2, 0) is 4.79 Å². The van der Waals surface area contributed by atoms with Crippen molar-refractivity contribution in [2.24, 2.45) is 5.92 Å². The maximum Gasteiger partial charge on any atom is 0.222 e. The molecule has 86 valence electrons. The highest BCUT2D eigenvalue weighted by Crippen LogP contribution is 2.31. The zero-order valence-electron chi connectivity index (χ0n) is 9.19. The van der Waals surface area contributed by atoms with Crippen molar-refractivity contribution in [2.75, 3.05) is 17.7 Å². The smallest absolute Gasteiger partial charge is 0.222 e. The molecule has 5 heteroatoms. The minimum absolute atomic E-state index is 0.168. The molecule has 1 amide bonds. The van der Waals surface area contributed by atoms with Crippen LogP contribution in [0.4, 0.5) is 11.5 Å². The Morgan fingerprint density at radius 3 is 3.00 bits per heavy atom. The molecule has 1 saturated carbocycles. The molecule has 3 N–H and O–H groups in total. The van der Waals surface area contributed by atoms with Gasteiger partial charge < -0.3 is 15.8 Å². The lowest BCUT2D eigenvalue weighted by Gasteiger charge is -2.09. The molecule has 1 heterocycles. The number of anilines is 2. The summed E-state index contributed by atoms with van der Waals surface area (Å²) in [7, 11) is 0. The normalized spacial score (nSPS) is 14.6. The van der Waals surface area contributed by atoms with Gasteiger partial charge in [-0.1, -0.05) is 0 Å². The van der Waals surface area contributed by atoms with Crippen LogP contribution in [0, 0.1) is 5.92 Å². The van der Waals surface area contributed by atoms with Crippen LogP contribution in [0.1, 0.15) is 19.8 Å². The van der Waals surface area contributed by atoms with E-state index in [2.05, 4.69) is 10.3 Å². The number of nitrogens with one attached hydrogen (secondary N) is 1. The third kappa shape index (κ3) is 2.85. The van der Waals surface area contributed by atoms with Crippen LogP contribution in [-0.4, -0.2) is 17.5 Å². The van der Waals surface area contributed by atoms with Crippen molar-refractivity contribution in [2.45, 2.75) is 19.8 Å². The molecule has 0 atom stereocenters. The molecule has 0 spiro atoms. The SMILES string of the molecule is CC(=O)Nc1cc(N)c(OCC2CC2)cn1. The third-order valence-electron chi connectivity index (χ3n) is 2.37. The number of hydrogen-bond acceptors (Lipinski definition) is 4. The molecule has 1 aliphatic carbocycles. The molecule has 0 unspecified atom stereocenters. The monoisotopic (exact) mass is 221 g/mol. The molecule has 1 fully saturated rings. The number of pyridine rings is 1. The van der Waals surface area contributed by atoms with Gasteiger partial charge in [0.2, 0.25) is 5.91 Å². The average Bonchev–Trinajstić information content (AvgIpc) is 2.99. The number of carbonyl (C=O) groups excluding carboxylic acids is 1. The molecule has 2 rings (SSSR count).